The molecule has 2 N–H and O–H groups in total. The molecule has 0 radical (unpaired) electrons. The van der Waals surface area contributed by atoms with E-state index in [0.29, 0.717) is 12.1 Å². The van der Waals surface area contributed by atoms with E-state index in [1.54, 1.807) is 0 Å². The van der Waals surface area contributed by atoms with E-state index in [9.17, 15) is 0 Å². The number of aryl methyl sites for hydroxylation is 1. The summed E-state index contributed by atoms with van der Waals surface area (Å²) in [5.74, 6) is 1.52. The van der Waals surface area contributed by atoms with Gasteiger partial charge < -0.3 is 10.4 Å². The van der Waals surface area contributed by atoms with Crippen LogP contribution in [0.4, 0.5) is 5.82 Å². The Balaban J connectivity index is 1.82. The van der Waals surface area contributed by atoms with Gasteiger partial charge in [-0.3, -0.25) is 0 Å². The molecule has 0 amide bonds. The maximum atomic E-state index is 8.85. The fraction of sp³-hybridized carbons (Fsp3) is 0.444. The molecule has 0 aliphatic rings. The summed E-state index contributed by atoms with van der Waals surface area (Å²) >= 11 is 0. The van der Waals surface area contributed by atoms with Crippen LogP contribution in [0, 0.1) is 0 Å². The first-order valence-electron chi connectivity index (χ1n) is 8.80. The predicted octanol–water partition coefficient (Wildman–Crippen LogP) is 2.41. The van der Waals surface area contributed by atoms with Gasteiger partial charge in [0, 0.05) is 19.6 Å². The fourth-order valence-electron chi connectivity index (χ4n) is 2.67. The molecule has 0 bridgehead atoms. The molecule has 3 rings (SSSR count). The van der Waals surface area contributed by atoms with E-state index in [4.69, 9.17) is 5.11 Å². The van der Waals surface area contributed by atoms with E-state index in [0.717, 1.165) is 55.1 Å². The molecule has 25 heavy (non-hydrogen) atoms. The largest absolute Gasteiger partial charge is 0.396 e. The van der Waals surface area contributed by atoms with Crippen LogP contribution in [0.15, 0.2) is 30.3 Å². The van der Waals surface area contributed by atoms with Crippen molar-refractivity contribution >= 4 is 17.0 Å². The second-order valence-corrected chi connectivity index (χ2v) is 5.96. The Morgan fingerprint density at radius 2 is 1.92 bits per heavy atom. The summed E-state index contributed by atoms with van der Waals surface area (Å²) in [6, 6.07) is 10.2. The van der Waals surface area contributed by atoms with Crippen LogP contribution in [0.5, 0.6) is 0 Å². The van der Waals surface area contributed by atoms with Gasteiger partial charge in [-0.25, -0.2) is 14.6 Å². The number of aromatic nitrogens is 5. The van der Waals surface area contributed by atoms with Gasteiger partial charge in [-0.2, -0.15) is 0 Å². The summed E-state index contributed by atoms with van der Waals surface area (Å²) in [6.45, 7) is 3.71. The van der Waals surface area contributed by atoms with Crippen molar-refractivity contribution < 1.29 is 5.11 Å². The van der Waals surface area contributed by atoms with Crippen molar-refractivity contribution in [2.45, 2.75) is 39.2 Å². The van der Waals surface area contributed by atoms with Crippen molar-refractivity contribution in [2.24, 2.45) is 0 Å². The zero-order valence-electron chi connectivity index (χ0n) is 14.5. The zero-order chi connectivity index (χ0) is 17.5. The predicted molar refractivity (Wildman–Crippen MR) is 97.5 cm³/mol. The fourth-order valence-corrected chi connectivity index (χ4v) is 2.67. The minimum Gasteiger partial charge on any atom is -0.396 e. The number of fused-ring (bicyclic) bond motifs is 1. The smallest absolute Gasteiger partial charge is 0.184 e. The number of benzene rings is 1. The molecule has 132 valence electrons. The maximum Gasteiger partial charge on any atom is 0.184 e. The molecule has 0 spiro atoms. The number of nitrogens with one attached hydrogen (secondary N) is 1. The minimum atomic E-state index is 0.242. The maximum absolute atomic E-state index is 8.85. The lowest BCUT2D eigenvalue weighted by Gasteiger charge is -2.08. The summed E-state index contributed by atoms with van der Waals surface area (Å²) in [5.41, 5.74) is 2.62. The highest BCUT2D eigenvalue weighted by atomic mass is 16.2. The van der Waals surface area contributed by atoms with Crippen molar-refractivity contribution in [1.82, 2.24) is 25.0 Å². The average Bonchev–Trinajstić information content (AvgIpc) is 3.05. The Hall–Kier alpha value is -2.54. The van der Waals surface area contributed by atoms with Crippen LogP contribution < -0.4 is 5.32 Å². The third-order valence-electron chi connectivity index (χ3n) is 4.03. The third-order valence-corrected chi connectivity index (χ3v) is 4.03. The van der Waals surface area contributed by atoms with Crippen LogP contribution in [-0.4, -0.2) is 43.2 Å². The van der Waals surface area contributed by atoms with Gasteiger partial charge in [-0.15, -0.1) is 5.10 Å². The van der Waals surface area contributed by atoms with Gasteiger partial charge in [0.1, 0.15) is 5.82 Å². The van der Waals surface area contributed by atoms with Gasteiger partial charge in [0.25, 0.3) is 0 Å². The monoisotopic (exact) mass is 340 g/mol. The summed E-state index contributed by atoms with van der Waals surface area (Å²) in [4.78, 5) is 9.19. The lowest BCUT2D eigenvalue weighted by Crippen LogP contribution is -2.08. The van der Waals surface area contributed by atoms with Crippen molar-refractivity contribution in [3.8, 4) is 0 Å². The van der Waals surface area contributed by atoms with E-state index < -0.39 is 0 Å². The first-order valence-corrected chi connectivity index (χ1v) is 8.80. The topological polar surface area (TPSA) is 88.8 Å². The molecule has 0 aliphatic carbocycles. The third kappa shape index (κ3) is 4.30. The van der Waals surface area contributed by atoms with E-state index >= 15 is 0 Å². The highest BCUT2D eigenvalue weighted by Gasteiger charge is 2.14. The Labute approximate surface area is 147 Å². The SMILES string of the molecule is CCc1nc(NCCCCCO)c2nnn(Cc3ccccc3)c2n1. The van der Waals surface area contributed by atoms with E-state index in [2.05, 4.69) is 37.7 Å². The Bertz CT molecular complexity index is 802. The van der Waals surface area contributed by atoms with E-state index in [1.165, 1.54) is 0 Å². The Morgan fingerprint density at radius 3 is 2.68 bits per heavy atom. The number of aliphatic hydroxyl groups excluding tert-OH is 1. The molecule has 2 aromatic heterocycles. The summed E-state index contributed by atoms with van der Waals surface area (Å²) in [7, 11) is 0. The number of hydrogen-bond acceptors (Lipinski definition) is 6. The van der Waals surface area contributed by atoms with E-state index in [-0.39, 0.29) is 6.61 Å². The quantitative estimate of drug-likeness (QED) is 0.582. The number of anilines is 1. The normalized spacial score (nSPS) is 11.1. The van der Waals surface area contributed by atoms with Gasteiger partial charge >= 0.3 is 0 Å². The number of nitrogens with zero attached hydrogens (tertiary/aromatic N) is 5. The zero-order valence-corrected chi connectivity index (χ0v) is 14.5. The van der Waals surface area contributed by atoms with Gasteiger partial charge in [0.15, 0.2) is 17.0 Å². The van der Waals surface area contributed by atoms with Gasteiger partial charge in [-0.1, -0.05) is 42.5 Å². The molecule has 7 nitrogen and oxygen atoms in total. The van der Waals surface area contributed by atoms with Gasteiger partial charge in [0.2, 0.25) is 0 Å². The van der Waals surface area contributed by atoms with Gasteiger partial charge in [-0.05, 0) is 24.8 Å². The summed E-state index contributed by atoms with van der Waals surface area (Å²) < 4.78 is 1.82. The van der Waals surface area contributed by atoms with Crippen molar-refractivity contribution in [3.05, 3.63) is 41.7 Å². The molecule has 0 saturated carbocycles. The molecule has 0 fully saturated rings. The molecular formula is C18H24N6O. The lowest BCUT2D eigenvalue weighted by atomic mass is 10.2. The summed E-state index contributed by atoms with van der Waals surface area (Å²) in [5, 5.41) is 20.8. The molecule has 1 aromatic carbocycles. The molecule has 0 unspecified atom stereocenters. The highest BCUT2D eigenvalue weighted by molar-refractivity contribution is 5.82. The molecular weight excluding hydrogens is 316 g/mol. The second-order valence-electron chi connectivity index (χ2n) is 5.96. The van der Waals surface area contributed by atoms with Crippen LogP contribution in [0.25, 0.3) is 11.2 Å². The highest BCUT2D eigenvalue weighted by Crippen LogP contribution is 2.19. The Morgan fingerprint density at radius 1 is 1.08 bits per heavy atom. The van der Waals surface area contributed by atoms with Crippen LogP contribution >= 0.6 is 0 Å². The minimum absolute atomic E-state index is 0.242. The molecule has 0 aliphatic heterocycles. The molecule has 7 heteroatoms. The number of aliphatic hydroxyl groups is 1. The molecule has 0 saturated heterocycles. The first-order chi connectivity index (χ1) is 12.3. The first kappa shape index (κ1) is 17.3. The number of rotatable bonds is 9. The number of unbranched alkanes of at least 4 members (excludes halogenated alkanes) is 2. The van der Waals surface area contributed by atoms with Crippen LogP contribution in [-0.2, 0) is 13.0 Å². The van der Waals surface area contributed by atoms with Crippen molar-refractivity contribution in [3.63, 3.8) is 0 Å². The van der Waals surface area contributed by atoms with Crippen LogP contribution in [0.2, 0.25) is 0 Å². The number of hydrogen-bond donors (Lipinski definition) is 2. The second kappa shape index (κ2) is 8.53. The van der Waals surface area contributed by atoms with Crippen LogP contribution in [0.1, 0.15) is 37.6 Å². The van der Waals surface area contributed by atoms with E-state index in [1.807, 2.05) is 29.8 Å². The van der Waals surface area contributed by atoms with Crippen molar-refractivity contribution in [2.75, 3.05) is 18.5 Å². The van der Waals surface area contributed by atoms with Crippen molar-refractivity contribution in [1.29, 1.82) is 0 Å². The Kier molecular flexibility index (Phi) is 5.90. The molecule has 2 heterocycles. The molecule has 3 aromatic rings. The van der Waals surface area contributed by atoms with Crippen LogP contribution in [0.3, 0.4) is 0 Å². The standard InChI is InChI=1S/C18H24N6O/c1-2-15-20-17(19-11-7-4-8-12-25)16-18(21-15)24(23-22-16)13-14-9-5-3-6-10-14/h3,5-6,9-10,25H,2,4,7-8,11-13H2,1H3,(H,19,20,21). The molecule has 0 atom stereocenters. The summed E-state index contributed by atoms with van der Waals surface area (Å²) in [6.07, 6.45) is 3.55. The van der Waals surface area contributed by atoms with Gasteiger partial charge in [0.05, 0.1) is 6.54 Å². The lowest BCUT2D eigenvalue weighted by molar-refractivity contribution is 0.283. The average molecular weight is 340 g/mol.